The molecule has 0 nitrogen and oxygen atoms in total. The lowest BCUT2D eigenvalue weighted by atomic mass is 9.83. The van der Waals surface area contributed by atoms with Crippen molar-refractivity contribution in [1.82, 2.24) is 0 Å². The summed E-state index contributed by atoms with van der Waals surface area (Å²) in [7, 11) is 1.14. The van der Waals surface area contributed by atoms with Crippen molar-refractivity contribution < 1.29 is 0 Å². The zero-order valence-corrected chi connectivity index (χ0v) is 29.4. The monoisotopic (exact) mass is 566 g/mol. The van der Waals surface area contributed by atoms with Gasteiger partial charge in [-0.25, -0.2) is 0 Å². The van der Waals surface area contributed by atoms with E-state index >= 15 is 0 Å². The Morgan fingerprint density at radius 2 is 1.18 bits per heavy atom. The lowest BCUT2D eigenvalue weighted by Crippen LogP contribution is -2.42. The van der Waals surface area contributed by atoms with Gasteiger partial charge >= 0.3 is 0 Å². The molecule has 0 aromatic heterocycles. The third-order valence-corrected chi connectivity index (χ3v) is 13.7. The Kier molecular flexibility index (Phi) is 12.5. The molecule has 2 aromatic rings. The predicted octanol–water partition coefficient (Wildman–Crippen LogP) is 12.2. The van der Waals surface area contributed by atoms with Gasteiger partial charge in [0.05, 0.1) is 0 Å². The van der Waals surface area contributed by atoms with Crippen molar-refractivity contribution in [2.45, 2.75) is 141 Å². The van der Waals surface area contributed by atoms with E-state index in [-0.39, 0.29) is 7.92 Å². The number of allylic oxidation sites excluding steroid dienone is 1. The lowest BCUT2D eigenvalue weighted by molar-refractivity contribution is 0.332. The molecular formula is C37H60P2. The lowest BCUT2D eigenvalue weighted by Gasteiger charge is -2.55. The summed E-state index contributed by atoms with van der Waals surface area (Å²) in [5, 5.41) is 1.99. The fourth-order valence-corrected chi connectivity index (χ4v) is 15.9. The quantitative estimate of drug-likeness (QED) is 0.323. The maximum Gasteiger partial charge on any atom is -0.0136 e. The molecule has 2 fully saturated rings. The van der Waals surface area contributed by atoms with Crippen LogP contribution in [0.25, 0.3) is 6.08 Å². The second kappa shape index (κ2) is 14.3. The highest BCUT2D eigenvalue weighted by Gasteiger charge is 2.47. The van der Waals surface area contributed by atoms with Crippen molar-refractivity contribution in [2.24, 2.45) is 5.92 Å². The largest absolute Gasteiger partial charge is 0.110 e. The van der Waals surface area contributed by atoms with Crippen LogP contribution in [0.4, 0.5) is 0 Å². The van der Waals surface area contributed by atoms with Crippen molar-refractivity contribution in [1.29, 1.82) is 0 Å². The maximum absolute atomic E-state index is 2.53. The van der Waals surface area contributed by atoms with Crippen molar-refractivity contribution in [2.75, 3.05) is 0 Å². The maximum atomic E-state index is 2.53. The molecule has 2 aliphatic heterocycles. The Balaban J connectivity index is 0.000000260. The molecule has 0 unspecified atom stereocenters. The van der Waals surface area contributed by atoms with Crippen LogP contribution in [0, 0.1) is 5.92 Å². The van der Waals surface area contributed by atoms with Crippen LogP contribution in [-0.4, -0.2) is 26.3 Å². The van der Waals surface area contributed by atoms with Crippen LogP contribution in [0.3, 0.4) is 0 Å². The molecule has 2 heteroatoms. The summed E-state index contributed by atoms with van der Waals surface area (Å²) in [6.45, 7) is 28.6. The number of rotatable bonds is 4. The van der Waals surface area contributed by atoms with Gasteiger partial charge in [-0.2, -0.15) is 0 Å². The van der Waals surface area contributed by atoms with Crippen LogP contribution in [0.1, 0.15) is 120 Å². The summed E-state index contributed by atoms with van der Waals surface area (Å²) in [6, 6.07) is 21.8. The van der Waals surface area contributed by atoms with Crippen molar-refractivity contribution in [3.05, 3.63) is 77.4 Å². The van der Waals surface area contributed by atoms with Crippen molar-refractivity contribution >= 4 is 22.6 Å². The minimum absolute atomic E-state index is 0.0815. The second-order valence-electron chi connectivity index (χ2n) is 14.5. The first-order valence-electron chi connectivity index (χ1n) is 15.5. The summed E-state index contributed by atoms with van der Waals surface area (Å²) in [4.78, 5) is 0. The molecule has 4 rings (SSSR count). The average molecular weight is 567 g/mol. The van der Waals surface area contributed by atoms with E-state index in [1.165, 1.54) is 43.2 Å². The van der Waals surface area contributed by atoms with Gasteiger partial charge in [-0.05, 0) is 75.4 Å². The van der Waals surface area contributed by atoms with Crippen LogP contribution < -0.4 is 0 Å². The molecular weight excluding hydrogens is 506 g/mol. The second-order valence-corrected chi connectivity index (χ2v) is 21.7. The van der Waals surface area contributed by atoms with Gasteiger partial charge in [-0.3, -0.25) is 0 Å². The Morgan fingerprint density at radius 3 is 1.62 bits per heavy atom. The third-order valence-electron chi connectivity index (χ3n) is 7.95. The van der Waals surface area contributed by atoms with E-state index in [1.54, 1.807) is 5.57 Å². The zero-order chi connectivity index (χ0) is 29.5. The Hall–Kier alpha value is -0.960. The molecule has 0 amide bonds. The molecule has 0 saturated carbocycles. The number of hydrogen-bond acceptors (Lipinski definition) is 0. The van der Waals surface area contributed by atoms with Crippen molar-refractivity contribution in [3.63, 3.8) is 0 Å². The van der Waals surface area contributed by atoms with Gasteiger partial charge in [0, 0.05) is 0 Å². The number of benzene rings is 2. The fourth-order valence-electron chi connectivity index (χ4n) is 8.08. The summed E-state index contributed by atoms with van der Waals surface area (Å²) in [5.74, 6) is 0.847. The molecule has 0 aliphatic carbocycles. The predicted molar refractivity (Wildman–Crippen MR) is 185 cm³/mol. The van der Waals surface area contributed by atoms with E-state index in [0.29, 0.717) is 20.6 Å². The van der Waals surface area contributed by atoms with Crippen LogP contribution in [0.15, 0.2) is 66.2 Å². The molecule has 0 spiro atoms. The average Bonchev–Trinajstić information content (AvgIpc) is 2.78. The molecule has 2 heterocycles. The highest BCUT2D eigenvalue weighted by Crippen LogP contribution is 2.69. The van der Waals surface area contributed by atoms with Gasteiger partial charge in [0.25, 0.3) is 0 Å². The fraction of sp³-hybridized carbons (Fsp3) is 0.622. The summed E-state index contributed by atoms with van der Waals surface area (Å²) in [6.07, 6.45) is 8.96. The van der Waals surface area contributed by atoms with E-state index < -0.39 is 0 Å². The normalized spacial score (nSPS) is 25.1. The minimum atomic E-state index is 0.0815. The van der Waals surface area contributed by atoms with Gasteiger partial charge in [-0.1, -0.05) is 163 Å². The van der Waals surface area contributed by atoms with Gasteiger partial charge < -0.3 is 0 Å². The topological polar surface area (TPSA) is 0 Å². The van der Waals surface area contributed by atoms with Gasteiger partial charge in [0.15, 0.2) is 0 Å². The van der Waals surface area contributed by atoms with Crippen LogP contribution in [-0.2, 0) is 6.42 Å². The summed E-state index contributed by atoms with van der Waals surface area (Å²) >= 11 is 0. The van der Waals surface area contributed by atoms with E-state index in [1.807, 2.05) is 13.8 Å². The van der Waals surface area contributed by atoms with E-state index in [4.69, 9.17) is 0 Å². The van der Waals surface area contributed by atoms with Gasteiger partial charge in [0.1, 0.15) is 0 Å². The first-order chi connectivity index (χ1) is 18.1. The van der Waals surface area contributed by atoms with E-state index in [9.17, 15) is 0 Å². The molecule has 2 aliphatic rings. The van der Waals surface area contributed by atoms with Gasteiger partial charge in [0.2, 0.25) is 0 Å². The standard InChI is InChI=1S/C19H31P.C16H23P.C2H6/c1-15(2)20-18(3,4)13-17(14-19(20,5)6)12-16-10-8-7-9-11-16;1-15(2)11-14(12-16(3,4)17-15)10-13-8-6-5-7-9-13;1-2/h7-11,15,17H,12-14H2,1-6H3;5-10,17H,11-12H2,1-4H3;1-2H3. The van der Waals surface area contributed by atoms with Crippen LogP contribution in [0.2, 0.25) is 0 Å². The van der Waals surface area contributed by atoms with E-state index in [0.717, 1.165) is 20.2 Å². The van der Waals surface area contributed by atoms with Crippen LogP contribution in [0.5, 0.6) is 0 Å². The molecule has 0 atom stereocenters. The summed E-state index contributed by atoms with van der Waals surface area (Å²) < 4.78 is 0. The smallest absolute Gasteiger partial charge is 0.0136 e. The zero-order valence-electron chi connectivity index (χ0n) is 27.5. The highest BCUT2D eigenvalue weighted by molar-refractivity contribution is 7.61. The first-order valence-corrected chi connectivity index (χ1v) is 17.9. The Morgan fingerprint density at radius 1 is 0.744 bits per heavy atom. The van der Waals surface area contributed by atoms with Crippen molar-refractivity contribution in [3.8, 4) is 0 Å². The Labute approximate surface area is 246 Å². The molecule has 39 heavy (non-hydrogen) atoms. The third kappa shape index (κ3) is 10.8. The van der Waals surface area contributed by atoms with Gasteiger partial charge in [-0.15, -0.1) is 8.58 Å². The number of hydrogen-bond donors (Lipinski definition) is 0. The Bertz CT molecular complexity index is 976. The molecule has 0 radical (unpaired) electrons. The molecule has 2 aromatic carbocycles. The van der Waals surface area contributed by atoms with E-state index in [2.05, 4.69) is 136 Å². The summed E-state index contributed by atoms with van der Waals surface area (Å²) in [5.41, 5.74) is 5.32. The molecule has 0 bridgehead atoms. The highest BCUT2D eigenvalue weighted by atomic mass is 31.1. The first kappa shape index (κ1) is 34.2. The SMILES string of the molecule is CC.CC(C)P1C(C)(C)CC(Cc2ccccc2)CC1(C)C.CC1(C)CC(=Cc2ccccc2)CC(C)(C)P1. The molecule has 0 N–H and O–H groups in total. The molecule has 2 saturated heterocycles. The molecule has 218 valence electrons. The minimum Gasteiger partial charge on any atom is -0.110 e. The van der Waals surface area contributed by atoms with Crippen LogP contribution >= 0.6 is 16.5 Å².